The molecule has 3 heteroatoms. The normalized spacial score (nSPS) is 9.93. The lowest BCUT2D eigenvalue weighted by Crippen LogP contribution is -2.14. The highest BCUT2D eigenvalue weighted by molar-refractivity contribution is 9.10. The summed E-state index contributed by atoms with van der Waals surface area (Å²) < 4.78 is 13.6. The zero-order valence-electron chi connectivity index (χ0n) is 8.39. The highest BCUT2D eigenvalue weighted by Crippen LogP contribution is 2.17. The molecule has 0 amide bonds. The Bertz CT molecular complexity index is 357. The maximum atomic E-state index is 12.8. The fourth-order valence-electron chi connectivity index (χ4n) is 1.20. The molecule has 15 heavy (non-hydrogen) atoms. The van der Waals surface area contributed by atoms with Crippen molar-refractivity contribution in [2.75, 3.05) is 6.54 Å². The molecule has 0 aliphatic rings. The number of hydrogen-bond donors (Lipinski definition) is 1. The molecule has 0 bridgehead atoms. The number of hydrogen-bond acceptors (Lipinski definition) is 1. The maximum absolute atomic E-state index is 12.8. The van der Waals surface area contributed by atoms with Crippen LogP contribution in [0.3, 0.4) is 0 Å². The van der Waals surface area contributed by atoms with E-state index in [-0.39, 0.29) is 5.82 Å². The first-order valence-corrected chi connectivity index (χ1v) is 5.61. The number of unbranched alkanes of at least 4 members (excludes halogenated alkanes) is 1. The summed E-state index contributed by atoms with van der Waals surface area (Å²) >= 11 is 3.32. The van der Waals surface area contributed by atoms with Crippen LogP contribution in [0.2, 0.25) is 0 Å². The Morgan fingerprint density at radius 1 is 1.47 bits per heavy atom. The average Bonchev–Trinajstić information content (AvgIpc) is 2.20. The second kappa shape index (κ2) is 6.60. The van der Waals surface area contributed by atoms with Crippen molar-refractivity contribution in [1.82, 2.24) is 5.32 Å². The first-order chi connectivity index (χ1) is 7.24. The summed E-state index contributed by atoms with van der Waals surface area (Å²) in [5.74, 6) is 2.36. The molecular weight excluding hydrogens is 257 g/mol. The Morgan fingerprint density at radius 3 is 2.93 bits per heavy atom. The summed E-state index contributed by atoms with van der Waals surface area (Å²) in [7, 11) is 0. The molecule has 0 fully saturated rings. The van der Waals surface area contributed by atoms with E-state index in [1.165, 1.54) is 12.1 Å². The van der Waals surface area contributed by atoms with Gasteiger partial charge in [-0.3, -0.25) is 0 Å². The molecule has 0 heterocycles. The van der Waals surface area contributed by atoms with Gasteiger partial charge >= 0.3 is 0 Å². The summed E-state index contributed by atoms with van der Waals surface area (Å²) in [5.41, 5.74) is 1.05. The first kappa shape index (κ1) is 12.2. The van der Waals surface area contributed by atoms with Gasteiger partial charge < -0.3 is 5.32 Å². The molecule has 1 aromatic rings. The zero-order valence-corrected chi connectivity index (χ0v) is 9.98. The van der Waals surface area contributed by atoms with Crippen molar-refractivity contribution in [2.24, 2.45) is 0 Å². The SMILES string of the molecule is C#CCCCNCc1ccc(F)cc1Br. The lowest BCUT2D eigenvalue weighted by molar-refractivity contribution is 0.622. The monoisotopic (exact) mass is 269 g/mol. The van der Waals surface area contributed by atoms with Crippen LogP contribution in [0.25, 0.3) is 0 Å². The van der Waals surface area contributed by atoms with Crippen LogP contribution in [0, 0.1) is 18.2 Å². The molecule has 1 aromatic carbocycles. The smallest absolute Gasteiger partial charge is 0.124 e. The number of benzene rings is 1. The van der Waals surface area contributed by atoms with Gasteiger partial charge in [-0.15, -0.1) is 12.3 Å². The number of rotatable bonds is 5. The lowest BCUT2D eigenvalue weighted by atomic mass is 10.2. The van der Waals surface area contributed by atoms with Crippen LogP contribution in [-0.2, 0) is 6.54 Å². The van der Waals surface area contributed by atoms with Crippen molar-refractivity contribution >= 4 is 15.9 Å². The molecular formula is C12H13BrFN. The second-order valence-electron chi connectivity index (χ2n) is 3.22. The summed E-state index contributed by atoms with van der Waals surface area (Å²) in [6.45, 7) is 1.61. The highest BCUT2D eigenvalue weighted by atomic mass is 79.9. The zero-order chi connectivity index (χ0) is 11.1. The minimum absolute atomic E-state index is 0.224. The van der Waals surface area contributed by atoms with E-state index in [1.807, 2.05) is 0 Å². The Balaban J connectivity index is 2.35. The molecule has 1 nitrogen and oxygen atoms in total. The van der Waals surface area contributed by atoms with Gasteiger partial charge in [0, 0.05) is 17.4 Å². The fraction of sp³-hybridized carbons (Fsp3) is 0.333. The number of terminal acetylenes is 1. The predicted molar refractivity (Wildman–Crippen MR) is 63.9 cm³/mol. The molecule has 0 aromatic heterocycles. The molecule has 1 rings (SSSR count). The third-order valence-corrected chi connectivity index (χ3v) is 2.74. The van der Waals surface area contributed by atoms with Gasteiger partial charge in [-0.25, -0.2) is 4.39 Å². The van der Waals surface area contributed by atoms with E-state index >= 15 is 0 Å². The molecule has 0 aliphatic carbocycles. The summed E-state index contributed by atoms with van der Waals surface area (Å²) in [6, 6.07) is 4.70. The molecule has 0 atom stereocenters. The van der Waals surface area contributed by atoms with Crippen molar-refractivity contribution in [3.63, 3.8) is 0 Å². The maximum Gasteiger partial charge on any atom is 0.124 e. The van der Waals surface area contributed by atoms with Crippen molar-refractivity contribution in [2.45, 2.75) is 19.4 Å². The van der Waals surface area contributed by atoms with Crippen LogP contribution in [0.5, 0.6) is 0 Å². The van der Waals surface area contributed by atoms with E-state index in [0.29, 0.717) is 0 Å². The average molecular weight is 270 g/mol. The summed E-state index contributed by atoms with van der Waals surface area (Å²) in [4.78, 5) is 0. The molecule has 0 saturated heterocycles. The van der Waals surface area contributed by atoms with E-state index in [1.54, 1.807) is 6.07 Å². The van der Waals surface area contributed by atoms with Gasteiger partial charge in [-0.05, 0) is 30.7 Å². The fourth-order valence-corrected chi connectivity index (χ4v) is 1.69. The van der Waals surface area contributed by atoms with Crippen LogP contribution in [-0.4, -0.2) is 6.54 Å². The number of nitrogens with one attached hydrogen (secondary N) is 1. The standard InChI is InChI=1S/C12H13BrFN/c1-2-3-4-7-15-9-10-5-6-11(14)8-12(10)13/h1,5-6,8,15H,3-4,7,9H2. The second-order valence-corrected chi connectivity index (χ2v) is 4.07. The molecule has 0 saturated carbocycles. The van der Waals surface area contributed by atoms with Crippen LogP contribution in [0.15, 0.2) is 22.7 Å². The van der Waals surface area contributed by atoms with Crippen LogP contribution < -0.4 is 5.32 Å². The Kier molecular flexibility index (Phi) is 5.38. The van der Waals surface area contributed by atoms with Crippen molar-refractivity contribution < 1.29 is 4.39 Å². The van der Waals surface area contributed by atoms with Gasteiger partial charge in [0.2, 0.25) is 0 Å². The predicted octanol–water partition coefficient (Wildman–Crippen LogP) is 3.09. The Morgan fingerprint density at radius 2 is 2.27 bits per heavy atom. The quantitative estimate of drug-likeness (QED) is 0.640. The minimum atomic E-state index is -0.224. The lowest BCUT2D eigenvalue weighted by Gasteiger charge is -2.05. The van der Waals surface area contributed by atoms with Gasteiger partial charge in [0.05, 0.1) is 0 Å². The molecule has 0 spiro atoms. The molecule has 0 radical (unpaired) electrons. The summed E-state index contributed by atoms with van der Waals surface area (Å²) in [6.07, 6.45) is 6.89. The van der Waals surface area contributed by atoms with Crippen molar-refractivity contribution in [1.29, 1.82) is 0 Å². The van der Waals surface area contributed by atoms with Gasteiger partial charge in [0.1, 0.15) is 5.82 Å². The van der Waals surface area contributed by atoms with E-state index in [0.717, 1.165) is 36.0 Å². The highest BCUT2D eigenvalue weighted by Gasteiger charge is 2.00. The van der Waals surface area contributed by atoms with Gasteiger partial charge in [0.15, 0.2) is 0 Å². The van der Waals surface area contributed by atoms with E-state index in [4.69, 9.17) is 6.42 Å². The Hall–Kier alpha value is -0.850. The minimum Gasteiger partial charge on any atom is -0.313 e. The topological polar surface area (TPSA) is 12.0 Å². The van der Waals surface area contributed by atoms with Crippen molar-refractivity contribution in [3.8, 4) is 12.3 Å². The number of halogens is 2. The largest absolute Gasteiger partial charge is 0.313 e. The third-order valence-electron chi connectivity index (χ3n) is 2.01. The van der Waals surface area contributed by atoms with Gasteiger partial charge in [-0.1, -0.05) is 22.0 Å². The van der Waals surface area contributed by atoms with E-state index in [9.17, 15) is 4.39 Å². The van der Waals surface area contributed by atoms with Crippen LogP contribution >= 0.6 is 15.9 Å². The van der Waals surface area contributed by atoms with Crippen LogP contribution in [0.1, 0.15) is 18.4 Å². The molecule has 80 valence electrons. The first-order valence-electron chi connectivity index (χ1n) is 4.82. The van der Waals surface area contributed by atoms with Crippen LogP contribution in [0.4, 0.5) is 4.39 Å². The molecule has 0 unspecified atom stereocenters. The van der Waals surface area contributed by atoms with Crippen molar-refractivity contribution in [3.05, 3.63) is 34.1 Å². The molecule has 1 N–H and O–H groups in total. The van der Waals surface area contributed by atoms with Gasteiger partial charge in [-0.2, -0.15) is 0 Å². The summed E-state index contributed by atoms with van der Waals surface area (Å²) in [5, 5.41) is 3.25. The third kappa shape index (κ3) is 4.46. The Labute approximate surface area is 98.2 Å². The van der Waals surface area contributed by atoms with E-state index in [2.05, 4.69) is 27.2 Å². The molecule has 0 aliphatic heterocycles. The van der Waals surface area contributed by atoms with Gasteiger partial charge in [0.25, 0.3) is 0 Å². The van der Waals surface area contributed by atoms with E-state index < -0.39 is 0 Å².